The van der Waals surface area contributed by atoms with E-state index in [1.165, 1.54) is 12.1 Å². The molecule has 0 aliphatic carbocycles. The fraction of sp³-hybridized carbons (Fsp3) is 0.300. The molecule has 1 aromatic carbocycles. The van der Waals surface area contributed by atoms with Crippen molar-refractivity contribution in [1.82, 2.24) is 14.3 Å². The second-order valence-electron chi connectivity index (χ2n) is 6.97. The van der Waals surface area contributed by atoms with Crippen molar-refractivity contribution in [2.45, 2.75) is 29.9 Å². The molecule has 6 nitrogen and oxygen atoms in total. The van der Waals surface area contributed by atoms with Crippen LogP contribution in [0.2, 0.25) is 0 Å². The maximum absolute atomic E-state index is 13.1. The van der Waals surface area contributed by atoms with Gasteiger partial charge in [-0.05, 0) is 56.2 Å². The molecular weight excluding hydrogens is 381 g/mol. The first-order valence-corrected chi connectivity index (χ1v) is 10.6. The SMILES string of the molecule is Cc1nc2ccccn2c1C(=O)N1CCC(S(=O)(=O)c2ccc(F)cc2)CC1. The highest BCUT2D eigenvalue weighted by Crippen LogP contribution is 2.26. The van der Waals surface area contributed by atoms with Crippen LogP contribution < -0.4 is 0 Å². The normalized spacial score (nSPS) is 15.9. The molecule has 1 aliphatic heterocycles. The second-order valence-corrected chi connectivity index (χ2v) is 9.19. The number of rotatable bonds is 3. The molecular formula is C20H20FN3O3S. The summed E-state index contributed by atoms with van der Waals surface area (Å²) in [5, 5.41) is -0.578. The summed E-state index contributed by atoms with van der Waals surface area (Å²) in [4.78, 5) is 19.3. The molecule has 4 rings (SSSR count). The zero-order chi connectivity index (χ0) is 19.9. The maximum Gasteiger partial charge on any atom is 0.272 e. The Kier molecular flexibility index (Phi) is 4.66. The minimum Gasteiger partial charge on any atom is -0.337 e. The third-order valence-electron chi connectivity index (χ3n) is 5.22. The summed E-state index contributed by atoms with van der Waals surface area (Å²) in [5.74, 6) is -0.614. The summed E-state index contributed by atoms with van der Waals surface area (Å²) in [6, 6.07) is 10.4. The number of carbonyl (C=O) groups is 1. The van der Waals surface area contributed by atoms with E-state index in [4.69, 9.17) is 0 Å². The number of aromatic nitrogens is 2. The Morgan fingerprint density at radius 3 is 2.46 bits per heavy atom. The van der Waals surface area contributed by atoms with Gasteiger partial charge in [0.05, 0.1) is 15.8 Å². The number of halogens is 1. The smallest absolute Gasteiger partial charge is 0.272 e. The van der Waals surface area contributed by atoms with E-state index < -0.39 is 20.9 Å². The van der Waals surface area contributed by atoms with Crippen LogP contribution in [0.3, 0.4) is 0 Å². The molecule has 1 aliphatic rings. The molecule has 1 saturated heterocycles. The molecule has 0 unspecified atom stereocenters. The highest BCUT2D eigenvalue weighted by atomic mass is 32.2. The minimum atomic E-state index is -3.55. The van der Waals surface area contributed by atoms with Crippen molar-refractivity contribution in [2.75, 3.05) is 13.1 Å². The van der Waals surface area contributed by atoms with Crippen LogP contribution in [0.25, 0.3) is 5.65 Å². The van der Waals surface area contributed by atoms with Gasteiger partial charge in [-0.15, -0.1) is 0 Å². The summed E-state index contributed by atoms with van der Waals surface area (Å²) in [6.07, 6.45) is 2.50. The molecule has 0 bridgehead atoms. The van der Waals surface area contributed by atoms with Crippen molar-refractivity contribution in [1.29, 1.82) is 0 Å². The number of pyridine rings is 1. The van der Waals surface area contributed by atoms with E-state index >= 15 is 0 Å². The summed E-state index contributed by atoms with van der Waals surface area (Å²) < 4.78 is 40.4. The van der Waals surface area contributed by atoms with E-state index in [0.29, 0.717) is 43.0 Å². The van der Waals surface area contributed by atoms with Crippen LogP contribution in [0.5, 0.6) is 0 Å². The number of aryl methyl sites for hydroxylation is 1. The van der Waals surface area contributed by atoms with E-state index in [1.807, 2.05) is 18.2 Å². The Hall–Kier alpha value is -2.74. The average molecular weight is 401 g/mol. The van der Waals surface area contributed by atoms with E-state index in [9.17, 15) is 17.6 Å². The molecule has 0 radical (unpaired) electrons. The predicted molar refractivity (Wildman–Crippen MR) is 102 cm³/mol. The lowest BCUT2D eigenvalue weighted by Crippen LogP contribution is -2.43. The van der Waals surface area contributed by atoms with E-state index in [2.05, 4.69) is 4.98 Å². The lowest BCUT2D eigenvalue weighted by Gasteiger charge is -2.31. The number of piperidine rings is 1. The molecule has 146 valence electrons. The summed E-state index contributed by atoms with van der Waals surface area (Å²) in [5.41, 5.74) is 1.87. The zero-order valence-corrected chi connectivity index (χ0v) is 16.2. The van der Waals surface area contributed by atoms with Gasteiger partial charge < -0.3 is 4.90 Å². The zero-order valence-electron chi connectivity index (χ0n) is 15.4. The highest BCUT2D eigenvalue weighted by Gasteiger charge is 2.34. The van der Waals surface area contributed by atoms with Gasteiger partial charge in [-0.25, -0.2) is 17.8 Å². The van der Waals surface area contributed by atoms with E-state index in [0.717, 1.165) is 12.1 Å². The van der Waals surface area contributed by atoms with Gasteiger partial charge in [0.2, 0.25) is 0 Å². The first-order chi connectivity index (χ1) is 13.4. The van der Waals surface area contributed by atoms with E-state index in [1.54, 1.807) is 22.4 Å². The van der Waals surface area contributed by atoms with Crippen molar-refractivity contribution in [3.63, 3.8) is 0 Å². The number of fused-ring (bicyclic) bond motifs is 1. The van der Waals surface area contributed by atoms with Gasteiger partial charge in [-0.1, -0.05) is 6.07 Å². The van der Waals surface area contributed by atoms with Gasteiger partial charge in [-0.3, -0.25) is 9.20 Å². The molecule has 28 heavy (non-hydrogen) atoms. The fourth-order valence-corrected chi connectivity index (χ4v) is 5.44. The first-order valence-electron chi connectivity index (χ1n) is 9.10. The molecule has 8 heteroatoms. The highest BCUT2D eigenvalue weighted by molar-refractivity contribution is 7.92. The standard InChI is InChI=1S/C20H20FN3O3S/c1-14-19(24-11-3-2-4-18(24)22-14)20(25)23-12-9-17(10-13-23)28(26,27)16-7-5-15(21)6-8-16/h2-8,11,17H,9-10,12-13H2,1H3. The van der Waals surface area contributed by atoms with Crippen molar-refractivity contribution in [2.24, 2.45) is 0 Å². The van der Waals surface area contributed by atoms with Gasteiger partial charge in [0.15, 0.2) is 9.84 Å². The van der Waals surface area contributed by atoms with Crippen LogP contribution in [-0.2, 0) is 9.84 Å². The van der Waals surface area contributed by atoms with Crippen LogP contribution in [-0.4, -0.2) is 46.9 Å². The molecule has 0 saturated carbocycles. The maximum atomic E-state index is 13.1. The largest absolute Gasteiger partial charge is 0.337 e. The fourth-order valence-electron chi connectivity index (χ4n) is 3.71. The Bertz CT molecular complexity index is 1130. The first kappa shape index (κ1) is 18.6. The lowest BCUT2D eigenvalue weighted by molar-refractivity contribution is 0.0718. The van der Waals surface area contributed by atoms with Crippen molar-refractivity contribution >= 4 is 21.4 Å². The number of benzene rings is 1. The number of carbonyl (C=O) groups excluding carboxylic acids is 1. The van der Waals surface area contributed by atoms with Crippen LogP contribution in [0.1, 0.15) is 29.0 Å². The Labute approximate surface area is 162 Å². The van der Waals surface area contributed by atoms with Crippen molar-refractivity contribution < 1.29 is 17.6 Å². The van der Waals surface area contributed by atoms with Gasteiger partial charge in [-0.2, -0.15) is 0 Å². The van der Waals surface area contributed by atoms with Gasteiger partial charge in [0.1, 0.15) is 17.2 Å². The Morgan fingerprint density at radius 1 is 1.11 bits per heavy atom. The third-order valence-corrected chi connectivity index (χ3v) is 7.50. The van der Waals surface area contributed by atoms with Crippen molar-refractivity contribution in [3.05, 3.63) is 65.9 Å². The summed E-state index contributed by atoms with van der Waals surface area (Å²) in [7, 11) is -3.55. The van der Waals surface area contributed by atoms with E-state index in [-0.39, 0.29) is 10.8 Å². The summed E-state index contributed by atoms with van der Waals surface area (Å²) in [6.45, 7) is 2.50. The number of likely N-dealkylation sites (tertiary alicyclic amines) is 1. The second kappa shape index (κ2) is 7.01. The van der Waals surface area contributed by atoms with Gasteiger partial charge in [0, 0.05) is 19.3 Å². The average Bonchev–Trinajstić information content (AvgIpc) is 3.03. The van der Waals surface area contributed by atoms with Crippen LogP contribution in [0.15, 0.2) is 53.6 Å². The van der Waals surface area contributed by atoms with Gasteiger partial charge in [0.25, 0.3) is 5.91 Å². The van der Waals surface area contributed by atoms with Gasteiger partial charge >= 0.3 is 0 Å². The quantitative estimate of drug-likeness (QED) is 0.633. The molecule has 1 amide bonds. The minimum absolute atomic E-state index is 0.122. The number of hydrogen-bond donors (Lipinski definition) is 0. The van der Waals surface area contributed by atoms with Crippen LogP contribution >= 0.6 is 0 Å². The molecule has 3 heterocycles. The monoisotopic (exact) mass is 401 g/mol. The Balaban J connectivity index is 1.51. The molecule has 2 aromatic heterocycles. The van der Waals surface area contributed by atoms with Crippen LogP contribution in [0, 0.1) is 12.7 Å². The molecule has 0 spiro atoms. The number of amides is 1. The Morgan fingerprint density at radius 2 is 1.79 bits per heavy atom. The number of sulfone groups is 1. The predicted octanol–water partition coefficient (Wildman–Crippen LogP) is 2.86. The molecule has 0 N–H and O–H groups in total. The lowest BCUT2D eigenvalue weighted by atomic mass is 10.1. The summed E-state index contributed by atoms with van der Waals surface area (Å²) >= 11 is 0. The number of hydrogen-bond acceptors (Lipinski definition) is 4. The topological polar surface area (TPSA) is 71.8 Å². The number of imidazole rings is 1. The van der Waals surface area contributed by atoms with Crippen LogP contribution in [0.4, 0.5) is 4.39 Å². The molecule has 0 atom stereocenters. The molecule has 3 aromatic rings. The number of nitrogens with zero attached hydrogens (tertiary/aromatic N) is 3. The molecule has 1 fully saturated rings. The van der Waals surface area contributed by atoms with Crippen molar-refractivity contribution in [3.8, 4) is 0 Å². The third kappa shape index (κ3) is 3.17.